The third kappa shape index (κ3) is 9.26. The highest BCUT2D eigenvalue weighted by Crippen LogP contribution is 2.44. The maximum atomic E-state index is 13.9. The molecular formula is C39H49N9O8. The summed E-state index contributed by atoms with van der Waals surface area (Å²) in [7, 11) is 0. The van der Waals surface area contributed by atoms with E-state index in [9.17, 15) is 33.6 Å². The van der Waals surface area contributed by atoms with Crippen LogP contribution in [0, 0.1) is 11.8 Å². The summed E-state index contributed by atoms with van der Waals surface area (Å²) in [6, 6.07) is 12.4. The number of carbonyl (C=O) groups excluding carboxylic acids is 7. The molecule has 2 aliphatic carbocycles. The van der Waals surface area contributed by atoms with E-state index in [1.165, 1.54) is 11.2 Å². The third-order valence-corrected chi connectivity index (χ3v) is 10.8. The van der Waals surface area contributed by atoms with Gasteiger partial charge in [-0.2, -0.15) is 5.10 Å². The normalized spacial score (nSPS) is 21.2. The fraction of sp³-hybridized carbons (Fsp3) is 0.487. The zero-order valence-electron chi connectivity index (χ0n) is 31.4. The van der Waals surface area contributed by atoms with Crippen LogP contribution < -0.4 is 26.8 Å². The van der Waals surface area contributed by atoms with Crippen molar-refractivity contribution in [2.75, 3.05) is 32.8 Å². The lowest BCUT2D eigenvalue weighted by molar-refractivity contribution is -0.155. The summed E-state index contributed by atoms with van der Waals surface area (Å²) in [4.78, 5) is 90.0. The number of aldehydes is 1. The molecule has 5 N–H and O–H groups in total. The Hall–Kier alpha value is -6.00. The third-order valence-electron chi connectivity index (χ3n) is 10.8. The first-order chi connectivity index (χ1) is 27.2. The topological polar surface area (TPSA) is 211 Å². The van der Waals surface area contributed by atoms with E-state index in [-0.39, 0.29) is 62.6 Å². The number of nitrogens with zero attached hydrogens (tertiary/aromatic N) is 4. The maximum Gasteiger partial charge on any atom is 0.426 e. The van der Waals surface area contributed by atoms with E-state index < -0.39 is 42.1 Å². The zero-order chi connectivity index (χ0) is 39.6. The van der Waals surface area contributed by atoms with Crippen molar-refractivity contribution in [3.8, 4) is 11.1 Å². The first kappa shape index (κ1) is 39.7. The molecule has 6 rings (SSSR count). The van der Waals surface area contributed by atoms with Gasteiger partial charge < -0.3 is 25.5 Å². The first-order valence-electron chi connectivity index (χ1n) is 19.3. The van der Waals surface area contributed by atoms with Crippen molar-refractivity contribution in [3.63, 3.8) is 0 Å². The molecule has 4 aliphatic rings. The molecule has 8 amide bonds. The van der Waals surface area contributed by atoms with Gasteiger partial charge >= 0.3 is 18.2 Å². The zero-order valence-corrected chi connectivity index (χ0v) is 31.4. The van der Waals surface area contributed by atoms with E-state index in [2.05, 4.69) is 31.9 Å². The van der Waals surface area contributed by atoms with Gasteiger partial charge in [0.15, 0.2) is 0 Å². The summed E-state index contributed by atoms with van der Waals surface area (Å²) in [6.07, 6.45) is 4.40. The number of urea groups is 2. The van der Waals surface area contributed by atoms with Gasteiger partial charge in [0.05, 0.1) is 12.6 Å². The van der Waals surface area contributed by atoms with E-state index in [0.717, 1.165) is 58.0 Å². The van der Waals surface area contributed by atoms with E-state index in [4.69, 9.17) is 4.74 Å². The predicted molar refractivity (Wildman–Crippen MR) is 203 cm³/mol. The molecule has 0 aromatic heterocycles. The van der Waals surface area contributed by atoms with Gasteiger partial charge in [-0.25, -0.2) is 40.3 Å². The smallest absolute Gasteiger partial charge is 0.426 e. The Morgan fingerprint density at radius 1 is 0.911 bits per heavy atom. The van der Waals surface area contributed by atoms with Crippen LogP contribution in [0.3, 0.4) is 0 Å². The summed E-state index contributed by atoms with van der Waals surface area (Å²) in [5, 5.41) is 15.5. The van der Waals surface area contributed by atoms with Gasteiger partial charge in [-0.15, -0.1) is 0 Å². The lowest BCUT2D eigenvalue weighted by Crippen LogP contribution is -2.64. The number of hydrazine groups is 2. The Morgan fingerprint density at radius 3 is 2.29 bits per heavy atom. The van der Waals surface area contributed by atoms with Gasteiger partial charge in [-0.05, 0) is 73.6 Å². The Labute approximate surface area is 324 Å². The predicted octanol–water partition coefficient (Wildman–Crippen LogP) is 2.78. The van der Waals surface area contributed by atoms with Crippen LogP contribution in [0.15, 0.2) is 53.6 Å². The van der Waals surface area contributed by atoms with Gasteiger partial charge in [0.1, 0.15) is 18.9 Å². The van der Waals surface area contributed by atoms with Crippen LogP contribution in [0.2, 0.25) is 0 Å². The molecule has 2 saturated heterocycles. The lowest BCUT2D eigenvalue weighted by atomic mass is 9.81. The molecular weight excluding hydrogens is 722 g/mol. The summed E-state index contributed by atoms with van der Waals surface area (Å²) in [5.41, 5.74) is 9.01. The monoisotopic (exact) mass is 771 g/mol. The van der Waals surface area contributed by atoms with Gasteiger partial charge in [-0.3, -0.25) is 14.4 Å². The van der Waals surface area contributed by atoms with Crippen LogP contribution in [0.5, 0.6) is 0 Å². The van der Waals surface area contributed by atoms with Gasteiger partial charge in [0.25, 0.3) is 0 Å². The van der Waals surface area contributed by atoms with Crippen LogP contribution in [-0.4, -0.2) is 108 Å². The minimum atomic E-state index is -1.15. The quantitative estimate of drug-likeness (QED) is 0.116. The average molecular weight is 772 g/mol. The summed E-state index contributed by atoms with van der Waals surface area (Å²) in [5.74, 6) is -0.959. The molecule has 2 aromatic rings. The molecule has 2 aliphatic heterocycles. The second kappa shape index (κ2) is 18.6. The first-order valence-corrected chi connectivity index (χ1v) is 19.3. The molecule has 0 unspecified atom stereocenters. The van der Waals surface area contributed by atoms with Crippen molar-refractivity contribution >= 4 is 48.4 Å². The number of amides is 8. The fourth-order valence-electron chi connectivity index (χ4n) is 7.91. The van der Waals surface area contributed by atoms with Crippen LogP contribution in [-0.2, 0) is 23.9 Å². The molecule has 1 saturated carbocycles. The van der Waals surface area contributed by atoms with Crippen molar-refractivity contribution in [3.05, 3.63) is 59.7 Å². The standard InChI is InChI=1S/C39H49N9O8/c1-2-40-35(51)26-15-13-25(14-16-26)22-41-37(53)44-42-23-27(18-21-49)43-36(52)33-12-7-19-47-34(50)17-20-46(39(55)48(33)47)45-38(54)56-24-32-30-10-5-3-8-28(30)29-9-4-6-11-31(29)32/h3-6,8-11,21,23,25-27,32-33H,2,7,12-20,22,24H2,1H3,(H,40,51)(H,43,52)(H,45,54)(H2,41,44,53)/b42-23+/t25?,26?,27-,33-/m0/s1. The van der Waals surface area contributed by atoms with Gasteiger partial charge in [0, 0.05) is 50.5 Å². The summed E-state index contributed by atoms with van der Waals surface area (Å²) in [6.45, 7) is 2.96. The largest absolute Gasteiger partial charge is 0.447 e. The molecule has 3 fully saturated rings. The Bertz CT molecular complexity index is 1790. The number of hydrazone groups is 1. The number of benzene rings is 2. The number of nitrogens with one attached hydrogen (secondary N) is 5. The van der Waals surface area contributed by atoms with Crippen LogP contribution in [0.25, 0.3) is 11.1 Å². The summed E-state index contributed by atoms with van der Waals surface area (Å²) >= 11 is 0. The number of ether oxygens (including phenoxy) is 1. The van der Waals surface area contributed by atoms with E-state index in [1.54, 1.807) is 0 Å². The van der Waals surface area contributed by atoms with E-state index >= 15 is 0 Å². The number of fused-ring (bicyclic) bond motifs is 4. The maximum absolute atomic E-state index is 13.9. The highest BCUT2D eigenvalue weighted by Gasteiger charge is 2.44. The molecule has 2 aromatic carbocycles. The van der Waals surface area contributed by atoms with Crippen molar-refractivity contribution < 1.29 is 38.3 Å². The molecule has 0 radical (unpaired) electrons. The second-order valence-electron chi connectivity index (χ2n) is 14.4. The molecule has 17 nitrogen and oxygen atoms in total. The minimum absolute atomic E-state index is 0.00548. The molecule has 0 bridgehead atoms. The molecule has 0 spiro atoms. The Balaban J connectivity index is 1.02. The minimum Gasteiger partial charge on any atom is -0.447 e. The molecule has 2 heterocycles. The number of rotatable bonds is 13. The molecule has 298 valence electrons. The summed E-state index contributed by atoms with van der Waals surface area (Å²) < 4.78 is 5.63. The van der Waals surface area contributed by atoms with Gasteiger partial charge in [-0.1, -0.05) is 48.5 Å². The number of hydrogen-bond acceptors (Lipinski definition) is 9. The SMILES string of the molecule is CCNC(=O)C1CCC(CNC(=O)N/N=C/[C@H](CC=O)NC(=O)[C@@H]2CCCN3C(=O)CCN(NC(=O)OCC4c5ccccc5-c5ccccc54)C(=O)N23)CC1. The van der Waals surface area contributed by atoms with Gasteiger partial charge in [0.2, 0.25) is 17.7 Å². The van der Waals surface area contributed by atoms with Crippen LogP contribution >= 0.6 is 0 Å². The highest BCUT2D eigenvalue weighted by atomic mass is 16.6. The van der Waals surface area contributed by atoms with Crippen molar-refractivity contribution in [1.82, 2.24) is 41.8 Å². The van der Waals surface area contributed by atoms with Crippen molar-refractivity contribution in [2.24, 2.45) is 16.9 Å². The fourth-order valence-corrected chi connectivity index (χ4v) is 7.91. The van der Waals surface area contributed by atoms with Crippen molar-refractivity contribution in [1.29, 1.82) is 0 Å². The van der Waals surface area contributed by atoms with E-state index in [1.807, 2.05) is 55.5 Å². The molecule has 17 heteroatoms. The Kier molecular flexibility index (Phi) is 13.2. The second-order valence-corrected chi connectivity index (χ2v) is 14.4. The molecule has 2 atom stereocenters. The number of carbonyl (C=O) groups is 7. The molecule has 56 heavy (non-hydrogen) atoms. The van der Waals surface area contributed by atoms with Crippen LogP contribution in [0.4, 0.5) is 14.4 Å². The average Bonchev–Trinajstić information content (AvgIpc) is 3.47. The van der Waals surface area contributed by atoms with E-state index in [0.29, 0.717) is 25.8 Å². The van der Waals surface area contributed by atoms with Crippen molar-refractivity contribution in [2.45, 2.75) is 76.3 Å². The Morgan fingerprint density at radius 2 is 1.61 bits per heavy atom. The number of hydrogen-bond donors (Lipinski definition) is 5. The van der Waals surface area contributed by atoms with Crippen LogP contribution in [0.1, 0.15) is 75.3 Å². The highest BCUT2D eigenvalue weighted by molar-refractivity contribution is 5.92. The lowest BCUT2D eigenvalue weighted by Gasteiger charge is -2.42.